The lowest BCUT2D eigenvalue weighted by atomic mass is 9.88. The molecule has 1 amide bonds. The zero-order valence-electron chi connectivity index (χ0n) is 16.5. The molecule has 2 aromatic rings. The van der Waals surface area contributed by atoms with Crippen LogP contribution in [-0.4, -0.2) is 50.3 Å². The third-order valence-electron chi connectivity index (χ3n) is 4.90. The highest BCUT2D eigenvalue weighted by atomic mass is 32.2. The topological polar surface area (TPSA) is 98.9 Å². The van der Waals surface area contributed by atoms with E-state index in [0.717, 1.165) is 17.4 Å². The van der Waals surface area contributed by atoms with Gasteiger partial charge in [-0.15, -0.1) is 0 Å². The van der Waals surface area contributed by atoms with Gasteiger partial charge in [-0.3, -0.25) is 8.98 Å². The molecule has 0 spiro atoms. The van der Waals surface area contributed by atoms with Gasteiger partial charge >= 0.3 is 0 Å². The van der Waals surface area contributed by atoms with Crippen LogP contribution in [0.3, 0.4) is 0 Å². The SMILES string of the molecule is C[C@H](N)[C@@H]1[C@H](OCc2ccccc2)C(=O)N1[C@H](COS(C)(=O)=O)c1ccccc1. The summed E-state index contributed by atoms with van der Waals surface area (Å²) in [5.74, 6) is -0.228. The number of carbonyl (C=O) groups is 1. The van der Waals surface area contributed by atoms with Gasteiger partial charge in [-0.2, -0.15) is 8.42 Å². The average molecular weight is 419 g/mol. The van der Waals surface area contributed by atoms with Crippen molar-refractivity contribution in [3.05, 3.63) is 71.8 Å². The minimum Gasteiger partial charge on any atom is -0.361 e. The molecule has 156 valence electrons. The Kier molecular flexibility index (Phi) is 6.69. The molecule has 0 unspecified atom stereocenters. The quantitative estimate of drug-likeness (QED) is 0.493. The molecule has 0 radical (unpaired) electrons. The molecule has 1 aliphatic rings. The van der Waals surface area contributed by atoms with Crippen molar-refractivity contribution in [1.29, 1.82) is 0 Å². The fourth-order valence-corrected chi connectivity index (χ4v) is 3.90. The number of hydrogen-bond donors (Lipinski definition) is 1. The van der Waals surface area contributed by atoms with Crippen molar-refractivity contribution < 1.29 is 22.1 Å². The second kappa shape index (κ2) is 9.04. The summed E-state index contributed by atoms with van der Waals surface area (Å²) in [6.07, 6.45) is 0.307. The number of hydrogen-bond acceptors (Lipinski definition) is 6. The normalized spacial score (nSPS) is 21.5. The molecule has 0 aromatic heterocycles. The first-order valence-corrected chi connectivity index (χ1v) is 11.2. The maximum absolute atomic E-state index is 13.0. The number of ether oxygens (including phenoxy) is 1. The Hall–Kier alpha value is -2.26. The minimum atomic E-state index is -3.66. The fraction of sp³-hybridized carbons (Fsp3) is 0.381. The van der Waals surface area contributed by atoms with Crippen LogP contribution in [0.5, 0.6) is 0 Å². The van der Waals surface area contributed by atoms with Crippen LogP contribution >= 0.6 is 0 Å². The van der Waals surface area contributed by atoms with Crippen LogP contribution in [0.15, 0.2) is 60.7 Å². The first kappa shape index (κ1) is 21.4. The van der Waals surface area contributed by atoms with Crippen molar-refractivity contribution in [1.82, 2.24) is 4.90 Å². The van der Waals surface area contributed by atoms with Crippen LogP contribution in [0.4, 0.5) is 0 Å². The lowest BCUT2D eigenvalue weighted by Gasteiger charge is -2.52. The van der Waals surface area contributed by atoms with Crippen LogP contribution in [0, 0.1) is 0 Å². The molecule has 2 aromatic carbocycles. The van der Waals surface area contributed by atoms with Gasteiger partial charge in [0.15, 0.2) is 6.10 Å². The number of benzene rings is 2. The van der Waals surface area contributed by atoms with Gasteiger partial charge in [-0.1, -0.05) is 60.7 Å². The van der Waals surface area contributed by atoms with Crippen LogP contribution in [0.25, 0.3) is 0 Å². The zero-order valence-corrected chi connectivity index (χ0v) is 17.3. The zero-order chi connectivity index (χ0) is 21.0. The van der Waals surface area contributed by atoms with Gasteiger partial charge < -0.3 is 15.4 Å². The first-order chi connectivity index (χ1) is 13.8. The molecule has 3 rings (SSSR count). The monoisotopic (exact) mass is 418 g/mol. The van der Waals surface area contributed by atoms with Gasteiger partial charge in [-0.25, -0.2) is 0 Å². The average Bonchev–Trinajstić information content (AvgIpc) is 2.69. The van der Waals surface area contributed by atoms with Gasteiger partial charge in [0.25, 0.3) is 16.0 Å². The van der Waals surface area contributed by atoms with Crippen molar-refractivity contribution in [3.8, 4) is 0 Å². The molecule has 7 nitrogen and oxygen atoms in total. The lowest BCUT2D eigenvalue weighted by Crippen LogP contribution is -2.71. The highest BCUT2D eigenvalue weighted by molar-refractivity contribution is 7.85. The van der Waals surface area contributed by atoms with Crippen molar-refractivity contribution >= 4 is 16.0 Å². The maximum Gasteiger partial charge on any atom is 0.264 e. The highest BCUT2D eigenvalue weighted by Crippen LogP contribution is 2.36. The molecule has 0 bridgehead atoms. The van der Waals surface area contributed by atoms with Gasteiger partial charge in [0.2, 0.25) is 0 Å². The maximum atomic E-state index is 13.0. The van der Waals surface area contributed by atoms with Crippen molar-refractivity contribution in [3.63, 3.8) is 0 Å². The molecule has 8 heteroatoms. The van der Waals surface area contributed by atoms with E-state index < -0.39 is 22.3 Å². The molecule has 2 N–H and O–H groups in total. The summed E-state index contributed by atoms with van der Waals surface area (Å²) in [6.45, 7) is 1.93. The largest absolute Gasteiger partial charge is 0.361 e. The Bertz CT molecular complexity index is 919. The van der Waals surface area contributed by atoms with E-state index in [0.29, 0.717) is 6.61 Å². The predicted molar refractivity (Wildman–Crippen MR) is 109 cm³/mol. The molecule has 1 saturated heterocycles. The highest BCUT2D eigenvalue weighted by Gasteiger charge is 2.53. The van der Waals surface area contributed by atoms with E-state index in [1.54, 1.807) is 4.90 Å². The van der Waals surface area contributed by atoms with E-state index in [1.807, 2.05) is 67.6 Å². The number of nitrogens with two attached hydrogens (primary N) is 1. The van der Waals surface area contributed by atoms with E-state index in [9.17, 15) is 13.2 Å². The second-order valence-corrected chi connectivity index (χ2v) is 8.87. The molecule has 1 aliphatic heterocycles. The summed E-state index contributed by atoms with van der Waals surface area (Å²) in [4.78, 5) is 14.6. The predicted octanol–water partition coefficient (Wildman–Crippen LogP) is 1.85. The Balaban J connectivity index is 1.80. The smallest absolute Gasteiger partial charge is 0.264 e. The van der Waals surface area contributed by atoms with Crippen LogP contribution in [-0.2, 0) is 30.4 Å². The van der Waals surface area contributed by atoms with Crippen molar-refractivity contribution in [2.45, 2.75) is 37.8 Å². The second-order valence-electron chi connectivity index (χ2n) is 7.23. The first-order valence-electron chi connectivity index (χ1n) is 9.40. The summed E-state index contributed by atoms with van der Waals surface area (Å²) in [6, 6.07) is 17.4. The van der Waals surface area contributed by atoms with E-state index >= 15 is 0 Å². The summed E-state index contributed by atoms with van der Waals surface area (Å²) >= 11 is 0. The minimum absolute atomic E-state index is 0.177. The molecular formula is C21H26N2O5S. The standard InChI is InChI=1S/C21H26N2O5S/c1-15(22)19-20(27-13-16-9-5-3-6-10-16)21(24)23(19)18(14-28-29(2,25)26)17-11-7-4-8-12-17/h3-12,15,18-20H,13-14,22H2,1-2H3/t15-,18+,19+,20-/m0/s1. The number of amides is 1. The van der Waals surface area contributed by atoms with E-state index in [1.165, 1.54) is 0 Å². The number of nitrogens with zero attached hydrogens (tertiary/aromatic N) is 1. The molecule has 0 aliphatic carbocycles. The molecule has 29 heavy (non-hydrogen) atoms. The number of carbonyl (C=O) groups excluding carboxylic acids is 1. The number of likely N-dealkylation sites (tertiary alicyclic amines) is 1. The fourth-order valence-electron chi connectivity index (χ4n) is 3.52. The van der Waals surface area contributed by atoms with E-state index in [-0.39, 0.29) is 24.6 Å². The Morgan fingerprint density at radius 1 is 1.07 bits per heavy atom. The van der Waals surface area contributed by atoms with Gasteiger partial charge in [0, 0.05) is 6.04 Å². The molecule has 0 saturated carbocycles. The van der Waals surface area contributed by atoms with Crippen LogP contribution < -0.4 is 5.73 Å². The van der Waals surface area contributed by atoms with E-state index in [2.05, 4.69) is 0 Å². The summed E-state index contributed by atoms with van der Waals surface area (Å²) in [5.41, 5.74) is 7.91. The van der Waals surface area contributed by atoms with Gasteiger partial charge in [0.05, 0.1) is 31.6 Å². The molecule has 1 heterocycles. The third kappa shape index (κ3) is 5.22. The number of β-lactam (4-membered cyclic amide) rings is 1. The Labute approximate surface area is 171 Å². The molecule has 4 atom stereocenters. The number of rotatable bonds is 9. The molecule has 1 fully saturated rings. The van der Waals surface area contributed by atoms with Gasteiger partial charge in [0.1, 0.15) is 0 Å². The summed E-state index contributed by atoms with van der Waals surface area (Å²) in [7, 11) is -3.66. The van der Waals surface area contributed by atoms with Crippen LogP contribution in [0.2, 0.25) is 0 Å². The van der Waals surface area contributed by atoms with Gasteiger partial charge in [-0.05, 0) is 18.1 Å². The Morgan fingerprint density at radius 3 is 2.21 bits per heavy atom. The van der Waals surface area contributed by atoms with Crippen molar-refractivity contribution in [2.24, 2.45) is 5.73 Å². The van der Waals surface area contributed by atoms with E-state index in [4.69, 9.17) is 14.7 Å². The Morgan fingerprint density at radius 2 is 1.66 bits per heavy atom. The lowest BCUT2D eigenvalue weighted by molar-refractivity contribution is -0.185. The summed E-state index contributed by atoms with van der Waals surface area (Å²) in [5, 5.41) is 0. The van der Waals surface area contributed by atoms with Crippen molar-refractivity contribution in [2.75, 3.05) is 12.9 Å². The third-order valence-corrected chi connectivity index (χ3v) is 5.46. The van der Waals surface area contributed by atoms with Crippen LogP contribution in [0.1, 0.15) is 24.1 Å². The summed E-state index contributed by atoms with van der Waals surface area (Å²) < 4.78 is 34.0. The molecular weight excluding hydrogens is 392 g/mol.